The molecule has 0 radical (unpaired) electrons. The Morgan fingerprint density at radius 1 is 1.14 bits per heavy atom. The lowest BCUT2D eigenvalue weighted by Crippen LogP contribution is -2.29. The summed E-state index contributed by atoms with van der Waals surface area (Å²) >= 11 is 1.35. The van der Waals surface area contributed by atoms with Gasteiger partial charge in [0.25, 0.3) is 5.78 Å². The summed E-state index contributed by atoms with van der Waals surface area (Å²) in [7, 11) is 0. The van der Waals surface area contributed by atoms with Crippen molar-refractivity contribution < 1.29 is 19.4 Å². The molecule has 3 heterocycles. The summed E-state index contributed by atoms with van der Waals surface area (Å²) in [5.41, 5.74) is 3.90. The second-order valence-corrected chi connectivity index (χ2v) is 9.76. The number of carbonyl (C=O) groups is 2. The summed E-state index contributed by atoms with van der Waals surface area (Å²) in [4.78, 5) is 37.1. The summed E-state index contributed by atoms with van der Waals surface area (Å²) in [6.45, 7) is 6.58. The maximum absolute atomic E-state index is 13.4. The summed E-state index contributed by atoms with van der Waals surface area (Å²) in [5.74, 6) is -1.08. The number of pyridine rings is 1. The van der Waals surface area contributed by atoms with E-state index in [0.29, 0.717) is 28.6 Å². The topological polar surface area (TPSA) is 92.6 Å². The maximum atomic E-state index is 13.4. The lowest BCUT2D eigenvalue weighted by molar-refractivity contribution is -0.132. The molecule has 7 nitrogen and oxygen atoms in total. The van der Waals surface area contributed by atoms with Crippen LogP contribution < -0.4 is 9.64 Å². The van der Waals surface area contributed by atoms with Gasteiger partial charge in [0, 0.05) is 18.0 Å². The number of nitrogens with zero attached hydrogens (tertiary/aromatic N) is 3. The van der Waals surface area contributed by atoms with Crippen LogP contribution in [0.1, 0.15) is 41.6 Å². The number of aryl methyl sites for hydroxylation is 2. The number of ketones is 1. The van der Waals surface area contributed by atoms with E-state index in [1.165, 1.54) is 16.2 Å². The molecule has 1 fully saturated rings. The van der Waals surface area contributed by atoms with Crippen LogP contribution in [0.3, 0.4) is 0 Å². The van der Waals surface area contributed by atoms with Gasteiger partial charge in [-0.15, -0.1) is 0 Å². The molecule has 2 aromatic heterocycles. The molecule has 1 amide bonds. The Balaban J connectivity index is 1.65. The zero-order valence-corrected chi connectivity index (χ0v) is 21.0. The van der Waals surface area contributed by atoms with Gasteiger partial charge in [-0.3, -0.25) is 19.5 Å². The van der Waals surface area contributed by atoms with Gasteiger partial charge in [0.15, 0.2) is 5.13 Å². The first-order valence-corrected chi connectivity index (χ1v) is 12.5. The van der Waals surface area contributed by atoms with E-state index in [1.807, 2.05) is 32.9 Å². The minimum absolute atomic E-state index is 0.00221. The Bertz CT molecular complexity index is 1490. The molecule has 1 aliphatic heterocycles. The number of benzene rings is 2. The van der Waals surface area contributed by atoms with Crippen molar-refractivity contribution in [2.45, 2.75) is 33.2 Å². The van der Waals surface area contributed by atoms with Crippen molar-refractivity contribution in [3.05, 3.63) is 88.8 Å². The first-order valence-electron chi connectivity index (χ1n) is 11.7. The van der Waals surface area contributed by atoms with E-state index < -0.39 is 17.7 Å². The van der Waals surface area contributed by atoms with Gasteiger partial charge < -0.3 is 9.84 Å². The van der Waals surface area contributed by atoms with Gasteiger partial charge in [0.05, 0.1) is 28.4 Å². The normalized spacial score (nSPS) is 17.2. The van der Waals surface area contributed by atoms with Crippen molar-refractivity contribution in [2.75, 3.05) is 11.5 Å². The number of aliphatic hydroxyl groups is 1. The van der Waals surface area contributed by atoms with Crippen LogP contribution in [0.5, 0.6) is 5.75 Å². The lowest BCUT2D eigenvalue weighted by Gasteiger charge is -2.22. The number of amides is 1. The number of aromatic nitrogens is 2. The Kier molecular flexibility index (Phi) is 6.28. The van der Waals surface area contributed by atoms with Crippen molar-refractivity contribution >= 4 is 44.1 Å². The number of ether oxygens (including phenoxy) is 1. The molecule has 0 saturated carbocycles. The third kappa shape index (κ3) is 4.13. The fourth-order valence-corrected chi connectivity index (χ4v) is 5.60. The molecule has 0 bridgehead atoms. The number of fused-ring (bicyclic) bond motifs is 1. The van der Waals surface area contributed by atoms with Gasteiger partial charge in [0.2, 0.25) is 0 Å². The van der Waals surface area contributed by atoms with Crippen molar-refractivity contribution in [2.24, 2.45) is 0 Å². The zero-order chi connectivity index (χ0) is 25.4. The highest BCUT2D eigenvalue weighted by Crippen LogP contribution is 2.44. The Morgan fingerprint density at radius 3 is 2.61 bits per heavy atom. The molecule has 2 aromatic carbocycles. The molecule has 8 heteroatoms. The second-order valence-electron chi connectivity index (χ2n) is 8.75. The monoisotopic (exact) mass is 499 g/mol. The largest absolute Gasteiger partial charge is 0.507 e. The van der Waals surface area contributed by atoms with Crippen LogP contribution in [-0.4, -0.2) is 33.4 Å². The van der Waals surface area contributed by atoms with Gasteiger partial charge in [0.1, 0.15) is 11.5 Å². The zero-order valence-electron chi connectivity index (χ0n) is 20.2. The molecule has 182 valence electrons. The molecule has 0 aliphatic carbocycles. The molecule has 1 saturated heterocycles. The van der Waals surface area contributed by atoms with E-state index in [4.69, 9.17) is 9.72 Å². The average Bonchev–Trinajstić information content (AvgIpc) is 3.42. The number of anilines is 1. The van der Waals surface area contributed by atoms with Crippen LogP contribution >= 0.6 is 11.3 Å². The summed E-state index contributed by atoms with van der Waals surface area (Å²) in [5, 5.41) is 11.7. The van der Waals surface area contributed by atoms with Crippen LogP contribution in [0.4, 0.5) is 5.13 Å². The van der Waals surface area contributed by atoms with Crippen molar-refractivity contribution in [3.8, 4) is 5.75 Å². The Hall–Kier alpha value is -4.04. The number of rotatable bonds is 6. The molecule has 1 aliphatic rings. The lowest BCUT2D eigenvalue weighted by atomic mass is 9.96. The summed E-state index contributed by atoms with van der Waals surface area (Å²) < 4.78 is 6.55. The van der Waals surface area contributed by atoms with E-state index in [1.54, 1.807) is 48.8 Å². The van der Waals surface area contributed by atoms with Crippen molar-refractivity contribution in [3.63, 3.8) is 0 Å². The minimum Gasteiger partial charge on any atom is -0.507 e. The summed E-state index contributed by atoms with van der Waals surface area (Å²) in [6, 6.07) is 13.5. The van der Waals surface area contributed by atoms with Gasteiger partial charge >= 0.3 is 5.91 Å². The molecule has 1 unspecified atom stereocenters. The van der Waals surface area contributed by atoms with Gasteiger partial charge in [-0.2, -0.15) is 0 Å². The predicted octanol–water partition coefficient (Wildman–Crippen LogP) is 5.72. The van der Waals surface area contributed by atoms with Crippen LogP contribution in [0.15, 0.2) is 66.5 Å². The number of carbonyl (C=O) groups excluding carboxylic acids is 2. The Labute approximate surface area is 212 Å². The highest BCUT2D eigenvalue weighted by molar-refractivity contribution is 7.22. The van der Waals surface area contributed by atoms with E-state index in [9.17, 15) is 14.7 Å². The second kappa shape index (κ2) is 9.54. The Morgan fingerprint density at radius 2 is 1.92 bits per heavy atom. The molecular formula is C28H25N3O4S. The number of hydrogen-bond donors (Lipinski definition) is 1. The van der Waals surface area contributed by atoms with E-state index in [-0.39, 0.29) is 11.3 Å². The van der Waals surface area contributed by atoms with E-state index >= 15 is 0 Å². The van der Waals surface area contributed by atoms with Gasteiger partial charge in [-0.25, -0.2) is 4.98 Å². The maximum Gasteiger partial charge on any atom is 0.301 e. The predicted molar refractivity (Wildman–Crippen MR) is 140 cm³/mol. The molecule has 1 N–H and O–H groups in total. The van der Waals surface area contributed by atoms with Gasteiger partial charge in [-0.1, -0.05) is 30.4 Å². The first-order chi connectivity index (χ1) is 17.4. The van der Waals surface area contributed by atoms with Crippen LogP contribution in [0.25, 0.3) is 16.0 Å². The highest BCUT2D eigenvalue weighted by Gasteiger charge is 2.48. The van der Waals surface area contributed by atoms with Gasteiger partial charge in [-0.05, 0) is 73.4 Å². The fourth-order valence-electron chi connectivity index (χ4n) is 4.43. The van der Waals surface area contributed by atoms with E-state index in [0.717, 1.165) is 27.8 Å². The number of Topliss-reactive ketones (excluding diaryl/α,β-unsaturated/α-hetero) is 1. The molecule has 4 aromatic rings. The van der Waals surface area contributed by atoms with Crippen molar-refractivity contribution in [1.29, 1.82) is 0 Å². The molecular weight excluding hydrogens is 474 g/mol. The van der Waals surface area contributed by atoms with Crippen molar-refractivity contribution in [1.82, 2.24) is 9.97 Å². The third-order valence-electron chi connectivity index (χ3n) is 6.07. The summed E-state index contributed by atoms with van der Waals surface area (Å²) in [6.07, 6.45) is 4.09. The fraction of sp³-hybridized carbons (Fsp3) is 0.214. The van der Waals surface area contributed by atoms with Crippen LogP contribution in [0, 0.1) is 13.8 Å². The minimum atomic E-state index is -0.864. The standard InChI is InChI=1S/C28H25N3O4S/c1-4-12-35-20-9-7-18(8-10-20)25(32)22-24(19-6-5-11-29-15-19)31(27(34)26(22)33)28-30-23-17(3)13-16(2)14-21(23)36-28/h5-11,13-15,24,32H,4,12H2,1-3H3. The average molecular weight is 500 g/mol. The first kappa shape index (κ1) is 23.7. The number of thiazole rings is 1. The molecule has 36 heavy (non-hydrogen) atoms. The third-order valence-corrected chi connectivity index (χ3v) is 7.07. The highest BCUT2D eigenvalue weighted by atomic mass is 32.1. The number of hydrogen-bond acceptors (Lipinski definition) is 7. The quantitative estimate of drug-likeness (QED) is 0.207. The van der Waals surface area contributed by atoms with Crippen LogP contribution in [-0.2, 0) is 9.59 Å². The van der Waals surface area contributed by atoms with E-state index in [2.05, 4.69) is 4.98 Å². The molecule has 0 spiro atoms. The number of aliphatic hydroxyl groups excluding tert-OH is 1. The molecule has 1 atom stereocenters. The SMILES string of the molecule is CCCOc1ccc(C(O)=C2C(=O)C(=O)N(c3nc4c(C)cc(C)cc4s3)C2c2cccnc2)cc1. The molecule has 5 rings (SSSR count). The van der Waals surface area contributed by atoms with Crippen LogP contribution in [0.2, 0.25) is 0 Å². The smallest absolute Gasteiger partial charge is 0.301 e.